The number of benzene rings is 2. The predicted molar refractivity (Wildman–Crippen MR) is 151 cm³/mol. The third kappa shape index (κ3) is 9.10. The zero-order valence-electron chi connectivity index (χ0n) is 23.8. The average molecular weight is 599 g/mol. The first kappa shape index (κ1) is 33.9. The SMILES string of the molecule is CCOP(=O)(OCC)C(CC(C)(C(=O)OCc1ccccc1)C(=O)OCc1ccccc1)P(=O)(OCC)OCC. The average Bonchev–Trinajstić information content (AvgIpc) is 2.94. The largest absolute Gasteiger partial charge is 0.460 e. The zero-order chi connectivity index (χ0) is 29.7. The van der Waals surface area contributed by atoms with Crippen molar-refractivity contribution in [1.82, 2.24) is 0 Å². The highest BCUT2D eigenvalue weighted by molar-refractivity contribution is 7.72. The van der Waals surface area contributed by atoms with Crippen LogP contribution in [0.5, 0.6) is 0 Å². The highest BCUT2D eigenvalue weighted by Gasteiger charge is 2.58. The van der Waals surface area contributed by atoms with Crippen molar-refractivity contribution in [3.8, 4) is 0 Å². The van der Waals surface area contributed by atoms with E-state index in [1.807, 2.05) is 12.1 Å². The maximum atomic E-state index is 14.1. The van der Waals surface area contributed by atoms with Gasteiger partial charge in [-0.15, -0.1) is 0 Å². The van der Waals surface area contributed by atoms with Crippen LogP contribution in [-0.4, -0.2) is 43.8 Å². The van der Waals surface area contributed by atoms with Crippen molar-refractivity contribution in [3.63, 3.8) is 0 Å². The van der Waals surface area contributed by atoms with Gasteiger partial charge in [-0.1, -0.05) is 60.7 Å². The van der Waals surface area contributed by atoms with Crippen LogP contribution < -0.4 is 0 Å². The molecule has 0 radical (unpaired) electrons. The van der Waals surface area contributed by atoms with Gasteiger partial charge < -0.3 is 27.6 Å². The first-order valence-corrected chi connectivity index (χ1v) is 16.5. The summed E-state index contributed by atoms with van der Waals surface area (Å²) in [6.07, 6.45) is -0.608. The Bertz CT molecular complexity index is 1050. The van der Waals surface area contributed by atoms with Crippen LogP contribution in [0.15, 0.2) is 60.7 Å². The quantitative estimate of drug-likeness (QED) is 0.104. The maximum absolute atomic E-state index is 14.1. The minimum atomic E-state index is -4.27. The Hall–Kier alpha value is -2.32. The van der Waals surface area contributed by atoms with E-state index in [4.69, 9.17) is 27.6 Å². The van der Waals surface area contributed by atoms with Crippen LogP contribution in [0.25, 0.3) is 0 Å². The minimum absolute atomic E-state index is 0.0559. The molecule has 2 rings (SSSR count). The van der Waals surface area contributed by atoms with Crippen molar-refractivity contribution in [3.05, 3.63) is 71.8 Å². The van der Waals surface area contributed by atoms with Gasteiger partial charge in [0, 0.05) is 0 Å². The molecule has 0 saturated carbocycles. The molecule has 0 aliphatic carbocycles. The molecule has 0 atom stereocenters. The smallest absolute Gasteiger partial charge is 0.345 e. The van der Waals surface area contributed by atoms with Gasteiger partial charge >= 0.3 is 27.1 Å². The lowest BCUT2D eigenvalue weighted by atomic mass is 9.87. The van der Waals surface area contributed by atoms with Gasteiger partial charge in [0.25, 0.3) is 0 Å². The molecular weight excluding hydrogens is 558 g/mol. The molecule has 2 aromatic carbocycles. The minimum Gasteiger partial charge on any atom is -0.460 e. The fourth-order valence-electron chi connectivity index (χ4n) is 3.92. The molecule has 12 heteroatoms. The Balaban J connectivity index is 2.55. The van der Waals surface area contributed by atoms with Crippen LogP contribution in [0.2, 0.25) is 0 Å². The first-order valence-electron chi connectivity index (χ1n) is 13.3. The lowest BCUT2D eigenvalue weighted by Crippen LogP contribution is -2.42. The second-order valence-corrected chi connectivity index (χ2v) is 13.7. The lowest BCUT2D eigenvalue weighted by Gasteiger charge is -2.35. The molecule has 10 nitrogen and oxygen atoms in total. The van der Waals surface area contributed by atoms with Gasteiger partial charge in [-0.05, 0) is 52.2 Å². The molecule has 0 aromatic heterocycles. The van der Waals surface area contributed by atoms with E-state index in [2.05, 4.69) is 0 Å². The van der Waals surface area contributed by atoms with Crippen molar-refractivity contribution in [2.24, 2.45) is 5.41 Å². The van der Waals surface area contributed by atoms with Gasteiger partial charge in [0.2, 0.25) is 0 Å². The van der Waals surface area contributed by atoms with Gasteiger partial charge in [-0.2, -0.15) is 0 Å². The van der Waals surface area contributed by atoms with Gasteiger partial charge in [0.05, 0.1) is 26.4 Å². The van der Waals surface area contributed by atoms with Crippen molar-refractivity contribution in [2.75, 3.05) is 26.4 Å². The number of ether oxygens (including phenoxy) is 2. The summed E-state index contributed by atoms with van der Waals surface area (Å²) in [4.78, 5) is 27.3. The van der Waals surface area contributed by atoms with E-state index in [1.165, 1.54) is 6.92 Å². The summed E-state index contributed by atoms with van der Waals surface area (Å²) < 4.78 is 61.4. The van der Waals surface area contributed by atoms with Gasteiger partial charge in [0.15, 0.2) is 10.8 Å². The number of carbonyl (C=O) groups is 2. The molecule has 0 aliphatic heterocycles. The number of carbonyl (C=O) groups excluding carboxylic acids is 2. The summed E-state index contributed by atoms with van der Waals surface area (Å²) in [5.41, 5.74) is -0.700. The lowest BCUT2D eigenvalue weighted by molar-refractivity contribution is -0.173. The van der Waals surface area contributed by atoms with Crippen molar-refractivity contribution < 1.29 is 46.3 Å². The third-order valence-electron chi connectivity index (χ3n) is 5.88. The monoisotopic (exact) mass is 598 g/mol. The van der Waals surface area contributed by atoms with Crippen LogP contribution in [0.3, 0.4) is 0 Å². The number of hydrogen-bond acceptors (Lipinski definition) is 10. The number of rotatable bonds is 18. The number of hydrogen-bond donors (Lipinski definition) is 0. The van der Waals surface area contributed by atoms with Crippen molar-refractivity contribution in [1.29, 1.82) is 0 Å². The molecule has 2 aromatic rings. The Morgan fingerprint density at radius 1 is 0.650 bits per heavy atom. The molecule has 0 bridgehead atoms. The van der Waals surface area contributed by atoms with Crippen LogP contribution in [0.4, 0.5) is 0 Å². The van der Waals surface area contributed by atoms with E-state index in [0.717, 1.165) is 0 Å². The van der Waals surface area contributed by atoms with E-state index >= 15 is 0 Å². The molecule has 0 saturated heterocycles. The van der Waals surface area contributed by atoms with Crippen molar-refractivity contribution in [2.45, 2.75) is 59.7 Å². The molecule has 0 fully saturated rings. The van der Waals surface area contributed by atoms with E-state index in [-0.39, 0.29) is 39.6 Å². The Kier molecular flexibility index (Phi) is 13.7. The highest BCUT2D eigenvalue weighted by Crippen LogP contribution is 2.72. The Labute approximate surface area is 236 Å². The molecule has 0 heterocycles. The summed E-state index contributed by atoms with van der Waals surface area (Å²) in [5, 5.41) is -1.63. The first-order chi connectivity index (χ1) is 19.1. The Morgan fingerprint density at radius 2 is 0.975 bits per heavy atom. The molecule has 0 aliphatic rings. The maximum Gasteiger partial charge on any atom is 0.345 e. The van der Waals surface area contributed by atoms with Crippen LogP contribution >= 0.6 is 15.2 Å². The topological polar surface area (TPSA) is 124 Å². The summed E-state index contributed by atoms with van der Waals surface area (Å²) >= 11 is 0. The van der Waals surface area contributed by atoms with E-state index in [0.29, 0.717) is 11.1 Å². The molecule has 0 amide bonds. The van der Waals surface area contributed by atoms with Crippen molar-refractivity contribution >= 4 is 27.1 Å². The molecule has 40 heavy (non-hydrogen) atoms. The summed E-state index contributed by atoms with van der Waals surface area (Å²) in [6.45, 7) is 7.19. The van der Waals surface area contributed by atoms with Crippen LogP contribution in [-0.2, 0) is 59.5 Å². The predicted octanol–water partition coefficient (Wildman–Crippen LogP) is 6.73. The van der Waals surface area contributed by atoms with Gasteiger partial charge in [-0.3, -0.25) is 18.7 Å². The standard InChI is InChI=1S/C28H40O10P2/c1-6-35-39(31,36-7-2)25(40(32,37-8-3)38-9-4)20-28(5,26(29)33-21-23-16-12-10-13-17-23)27(30)34-22-24-18-14-11-15-19-24/h10-19,25H,6-9,20-22H2,1-5H3. The van der Waals surface area contributed by atoms with Crippen LogP contribution in [0.1, 0.15) is 52.2 Å². The zero-order valence-corrected chi connectivity index (χ0v) is 25.6. The highest BCUT2D eigenvalue weighted by atomic mass is 31.2. The number of esters is 2. The van der Waals surface area contributed by atoms with Gasteiger partial charge in [0.1, 0.15) is 13.2 Å². The Morgan fingerprint density at radius 3 is 1.27 bits per heavy atom. The summed E-state index contributed by atoms with van der Waals surface area (Å²) in [5.74, 6) is -1.92. The van der Waals surface area contributed by atoms with E-state index < -0.39 is 44.4 Å². The van der Waals surface area contributed by atoms with E-state index in [9.17, 15) is 18.7 Å². The summed E-state index contributed by atoms with van der Waals surface area (Å²) in [7, 11) is -8.54. The third-order valence-corrected chi connectivity index (χ3v) is 11.9. The van der Waals surface area contributed by atoms with Gasteiger partial charge in [-0.25, -0.2) is 0 Å². The van der Waals surface area contributed by atoms with Crippen LogP contribution in [0, 0.1) is 5.41 Å². The summed E-state index contributed by atoms with van der Waals surface area (Å²) in [6, 6.07) is 17.8. The normalized spacial score (nSPS) is 12.3. The van der Waals surface area contributed by atoms with E-state index in [1.54, 1.807) is 76.2 Å². The molecule has 0 N–H and O–H groups in total. The second kappa shape index (κ2) is 16.2. The fraction of sp³-hybridized carbons (Fsp3) is 0.500. The fourth-order valence-corrected chi connectivity index (χ4v) is 9.56. The molecule has 0 unspecified atom stereocenters. The molecule has 0 spiro atoms. The second-order valence-electron chi connectivity index (χ2n) is 8.89. The molecular formula is C28H40O10P2. The molecule has 222 valence electrons.